The van der Waals surface area contributed by atoms with Gasteiger partial charge < -0.3 is 15.0 Å². The molecule has 0 bridgehead atoms. The number of piperazine rings is 1. The van der Waals surface area contributed by atoms with Gasteiger partial charge in [0.25, 0.3) is 5.91 Å². The first-order chi connectivity index (χ1) is 16.5. The van der Waals surface area contributed by atoms with E-state index in [0.717, 1.165) is 5.69 Å². The summed E-state index contributed by atoms with van der Waals surface area (Å²) in [4.78, 5) is 29.5. The molecule has 2 aromatic heterocycles. The zero-order valence-corrected chi connectivity index (χ0v) is 19.8. The molecule has 3 heterocycles. The minimum atomic E-state index is -0.136. The van der Waals surface area contributed by atoms with E-state index in [2.05, 4.69) is 20.6 Å². The Morgan fingerprint density at radius 1 is 1.09 bits per heavy atom. The summed E-state index contributed by atoms with van der Waals surface area (Å²) in [5.41, 5.74) is 1.91. The molecule has 1 aliphatic rings. The number of carbonyl (C=O) groups is 2. The number of amides is 2. The van der Waals surface area contributed by atoms with E-state index in [1.54, 1.807) is 40.0 Å². The summed E-state index contributed by atoms with van der Waals surface area (Å²) in [6.07, 6.45) is 2.19. The number of hydrogen-bond donors (Lipinski definition) is 1. The summed E-state index contributed by atoms with van der Waals surface area (Å²) < 4.78 is 6.69. The van der Waals surface area contributed by atoms with Crippen LogP contribution >= 0.6 is 11.6 Å². The maximum absolute atomic E-state index is 13.2. The summed E-state index contributed by atoms with van der Waals surface area (Å²) >= 11 is 6.11. The van der Waals surface area contributed by atoms with E-state index >= 15 is 0 Å². The number of halogens is 1. The van der Waals surface area contributed by atoms with Crippen molar-refractivity contribution in [3.8, 4) is 11.7 Å². The molecule has 4 rings (SSSR count). The molecule has 1 saturated heterocycles. The van der Waals surface area contributed by atoms with E-state index < -0.39 is 0 Å². The standard InChI is InChI=1S/C23H26ClN7O3/c1-3-19-16(14-25-31(19)20-8-9-22(34-2)28-27-20)23(33)30-12-10-29(11-13-30)15-21(32)26-18-7-5-4-6-17(18)24/h4-9,14H,3,10-13,15H2,1-2H3,(H,26,32). The van der Waals surface area contributed by atoms with Crippen LogP contribution in [-0.4, -0.2) is 81.4 Å². The Bertz CT molecular complexity index is 1160. The third-order valence-electron chi connectivity index (χ3n) is 5.66. The lowest BCUT2D eigenvalue weighted by Crippen LogP contribution is -2.50. The molecule has 178 valence electrons. The highest BCUT2D eigenvalue weighted by atomic mass is 35.5. The first-order valence-electron chi connectivity index (χ1n) is 11.0. The van der Waals surface area contributed by atoms with Crippen LogP contribution in [0, 0.1) is 0 Å². The van der Waals surface area contributed by atoms with Gasteiger partial charge in [-0.25, -0.2) is 4.68 Å². The van der Waals surface area contributed by atoms with E-state index in [1.807, 2.05) is 24.0 Å². The fourth-order valence-electron chi connectivity index (χ4n) is 3.86. The summed E-state index contributed by atoms with van der Waals surface area (Å²) in [5.74, 6) is 0.711. The quantitative estimate of drug-likeness (QED) is 0.549. The van der Waals surface area contributed by atoms with Crippen LogP contribution in [0.3, 0.4) is 0 Å². The minimum Gasteiger partial charge on any atom is -0.480 e. The third-order valence-corrected chi connectivity index (χ3v) is 5.99. The lowest BCUT2D eigenvalue weighted by molar-refractivity contribution is -0.117. The van der Waals surface area contributed by atoms with E-state index in [9.17, 15) is 9.59 Å². The second-order valence-electron chi connectivity index (χ2n) is 7.80. The van der Waals surface area contributed by atoms with Gasteiger partial charge in [-0.1, -0.05) is 30.7 Å². The van der Waals surface area contributed by atoms with Crippen molar-refractivity contribution in [2.45, 2.75) is 13.3 Å². The van der Waals surface area contributed by atoms with Gasteiger partial charge in [0.15, 0.2) is 5.82 Å². The lowest BCUT2D eigenvalue weighted by atomic mass is 10.1. The molecule has 0 saturated carbocycles. The number of benzene rings is 1. The predicted molar refractivity (Wildman–Crippen MR) is 128 cm³/mol. The summed E-state index contributed by atoms with van der Waals surface area (Å²) in [6, 6.07) is 10.6. The van der Waals surface area contributed by atoms with Crippen molar-refractivity contribution in [3.05, 3.63) is 58.9 Å². The first kappa shape index (κ1) is 23.7. The molecule has 10 nitrogen and oxygen atoms in total. The summed E-state index contributed by atoms with van der Waals surface area (Å²) in [5, 5.41) is 15.8. The molecule has 1 aliphatic heterocycles. The third kappa shape index (κ3) is 5.18. The number of anilines is 1. The van der Waals surface area contributed by atoms with Crippen molar-refractivity contribution in [1.82, 2.24) is 29.8 Å². The number of para-hydroxylation sites is 1. The number of carbonyl (C=O) groups excluding carboxylic acids is 2. The Morgan fingerprint density at radius 3 is 2.50 bits per heavy atom. The molecule has 1 fully saturated rings. The number of ether oxygens (including phenoxy) is 1. The molecule has 2 amide bonds. The second-order valence-corrected chi connectivity index (χ2v) is 8.21. The molecule has 1 aromatic carbocycles. The van der Waals surface area contributed by atoms with Crippen molar-refractivity contribution in [3.63, 3.8) is 0 Å². The molecule has 11 heteroatoms. The molecule has 0 radical (unpaired) electrons. The number of hydrogen-bond acceptors (Lipinski definition) is 7. The molecular weight excluding hydrogens is 458 g/mol. The van der Waals surface area contributed by atoms with E-state index in [4.69, 9.17) is 16.3 Å². The smallest absolute Gasteiger partial charge is 0.257 e. The van der Waals surface area contributed by atoms with Gasteiger partial charge in [-0.05, 0) is 24.6 Å². The van der Waals surface area contributed by atoms with E-state index in [0.29, 0.717) is 60.6 Å². The second kappa shape index (κ2) is 10.6. The average Bonchev–Trinajstić information content (AvgIpc) is 3.29. The Morgan fingerprint density at radius 2 is 1.85 bits per heavy atom. The number of nitrogens with zero attached hydrogens (tertiary/aromatic N) is 6. The zero-order valence-electron chi connectivity index (χ0n) is 19.1. The highest BCUT2D eigenvalue weighted by molar-refractivity contribution is 6.33. The lowest BCUT2D eigenvalue weighted by Gasteiger charge is -2.34. The predicted octanol–water partition coefficient (Wildman–Crippen LogP) is 2.28. The molecule has 3 aromatic rings. The zero-order chi connectivity index (χ0) is 24.1. The first-order valence-corrected chi connectivity index (χ1v) is 11.4. The van der Waals surface area contributed by atoms with Gasteiger partial charge in [-0.15, -0.1) is 10.2 Å². The number of rotatable bonds is 7. The molecular formula is C23H26ClN7O3. The molecule has 1 N–H and O–H groups in total. The number of aromatic nitrogens is 4. The summed E-state index contributed by atoms with van der Waals surface area (Å²) in [7, 11) is 1.52. The van der Waals surface area contributed by atoms with Gasteiger partial charge in [0, 0.05) is 32.2 Å². The molecule has 0 atom stereocenters. The van der Waals surface area contributed by atoms with Gasteiger partial charge in [0.1, 0.15) is 0 Å². The topological polar surface area (TPSA) is 105 Å². The Hall–Kier alpha value is -3.50. The molecule has 0 spiro atoms. The van der Waals surface area contributed by atoms with Crippen LogP contribution in [0.25, 0.3) is 5.82 Å². The van der Waals surface area contributed by atoms with Crippen molar-refractivity contribution in [1.29, 1.82) is 0 Å². The number of methoxy groups -OCH3 is 1. The monoisotopic (exact) mass is 483 g/mol. The fourth-order valence-corrected chi connectivity index (χ4v) is 4.04. The Balaban J connectivity index is 1.36. The summed E-state index contributed by atoms with van der Waals surface area (Å²) in [6.45, 7) is 4.45. The van der Waals surface area contributed by atoms with Crippen molar-refractivity contribution < 1.29 is 14.3 Å². The van der Waals surface area contributed by atoms with Crippen LogP contribution in [0.1, 0.15) is 23.0 Å². The van der Waals surface area contributed by atoms with Crippen LogP contribution in [0.2, 0.25) is 5.02 Å². The maximum Gasteiger partial charge on any atom is 0.257 e. The van der Waals surface area contributed by atoms with Crippen molar-refractivity contribution >= 4 is 29.1 Å². The van der Waals surface area contributed by atoms with Crippen molar-refractivity contribution in [2.75, 3.05) is 45.2 Å². The van der Waals surface area contributed by atoms with Gasteiger partial charge in [0.05, 0.1) is 41.8 Å². The number of nitrogens with one attached hydrogen (secondary N) is 1. The highest BCUT2D eigenvalue weighted by Crippen LogP contribution is 2.21. The molecule has 0 aliphatic carbocycles. The maximum atomic E-state index is 13.2. The fraction of sp³-hybridized carbons (Fsp3) is 0.348. The van der Waals surface area contributed by atoms with Crippen molar-refractivity contribution in [2.24, 2.45) is 0 Å². The normalized spacial score (nSPS) is 14.1. The van der Waals surface area contributed by atoms with E-state index in [1.165, 1.54) is 7.11 Å². The van der Waals surface area contributed by atoms with Crippen LogP contribution in [0.4, 0.5) is 5.69 Å². The van der Waals surface area contributed by atoms with Crippen LogP contribution in [0.5, 0.6) is 5.88 Å². The van der Waals surface area contributed by atoms with Crippen LogP contribution in [-0.2, 0) is 11.2 Å². The molecule has 0 unspecified atom stereocenters. The Labute approximate surface area is 202 Å². The van der Waals surface area contributed by atoms with Gasteiger partial charge in [-0.3, -0.25) is 14.5 Å². The van der Waals surface area contributed by atoms with Gasteiger partial charge in [0.2, 0.25) is 11.8 Å². The highest BCUT2D eigenvalue weighted by Gasteiger charge is 2.27. The van der Waals surface area contributed by atoms with E-state index in [-0.39, 0.29) is 18.4 Å². The minimum absolute atomic E-state index is 0.0789. The van der Waals surface area contributed by atoms with Gasteiger partial charge in [-0.2, -0.15) is 5.10 Å². The van der Waals surface area contributed by atoms with Crippen LogP contribution < -0.4 is 10.1 Å². The largest absolute Gasteiger partial charge is 0.480 e. The average molecular weight is 484 g/mol. The SMILES string of the molecule is CCc1c(C(=O)N2CCN(CC(=O)Nc3ccccc3Cl)CC2)cnn1-c1ccc(OC)nn1. The van der Waals surface area contributed by atoms with Gasteiger partial charge >= 0.3 is 0 Å². The van der Waals surface area contributed by atoms with Crippen LogP contribution in [0.15, 0.2) is 42.6 Å². The molecule has 34 heavy (non-hydrogen) atoms. The Kier molecular flexibility index (Phi) is 7.39.